The Labute approximate surface area is 68.7 Å². The molecule has 1 aliphatic heterocycles. The first-order valence-electron chi connectivity index (χ1n) is 1.98. The van der Waals surface area contributed by atoms with Crippen molar-refractivity contribution in [1.29, 1.82) is 0 Å². The van der Waals surface area contributed by atoms with Gasteiger partial charge in [0.1, 0.15) is 0 Å². The van der Waals surface area contributed by atoms with Gasteiger partial charge in [0.25, 0.3) is 0 Å². The van der Waals surface area contributed by atoms with Crippen LogP contribution in [0.15, 0.2) is 24.4 Å². The summed E-state index contributed by atoms with van der Waals surface area (Å²) in [6.45, 7) is 0.858. The molecule has 7 heavy (non-hydrogen) atoms. The average Bonchev–Trinajstić information content (AvgIpc) is 1.72. The topological polar surface area (TPSA) is 14.1 Å². The molecular formula is C5H6NY-. The molecule has 0 aromatic rings. The minimum Gasteiger partial charge on any atom is -0.687 e. The van der Waals surface area contributed by atoms with E-state index in [1.54, 1.807) is 6.20 Å². The molecule has 1 heterocycles. The van der Waals surface area contributed by atoms with Gasteiger partial charge in [-0.25, -0.2) is 0 Å². The maximum Gasteiger partial charge on any atom is 0 e. The van der Waals surface area contributed by atoms with Crippen molar-refractivity contribution in [3.63, 3.8) is 0 Å². The fourth-order valence-electron chi connectivity index (χ4n) is 0.372. The Kier molecular flexibility index (Phi) is 4.79. The van der Waals surface area contributed by atoms with Crippen LogP contribution in [0.3, 0.4) is 0 Å². The third-order valence-corrected chi connectivity index (χ3v) is 0.649. The van der Waals surface area contributed by atoms with Gasteiger partial charge in [0.15, 0.2) is 0 Å². The molecule has 1 nitrogen and oxygen atoms in total. The Morgan fingerprint density at radius 2 is 2.14 bits per heavy atom. The summed E-state index contributed by atoms with van der Waals surface area (Å²) in [7, 11) is 0. The van der Waals surface area contributed by atoms with E-state index >= 15 is 0 Å². The van der Waals surface area contributed by atoms with Gasteiger partial charge in [-0.1, -0.05) is 12.2 Å². The number of rotatable bonds is 0. The Morgan fingerprint density at radius 1 is 1.29 bits per heavy atom. The van der Waals surface area contributed by atoms with Crippen molar-refractivity contribution in [3.8, 4) is 0 Å². The second kappa shape index (κ2) is 4.54. The minimum absolute atomic E-state index is 0. The van der Waals surface area contributed by atoms with E-state index in [1.807, 2.05) is 18.2 Å². The van der Waals surface area contributed by atoms with Gasteiger partial charge >= 0.3 is 0 Å². The van der Waals surface area contributed by atoms with E-state index in [4.69, 9.17) is 0 Å². The summed E-state index contributed by atoms with van der Waals surface area (Å²) in [4.78, 5) is 0. The quantitative estimate of drug-likeness (QED) is 0.520. The zero-order chi connectivity index (χ0) is 4.24. The monoisotopic (exact) mass is 169 g/mol. The second-order valence-electron chi connectivity index (χ2n) is 1.13. The number of allylic oxidation sites excluding steroid dienone is 2. The van der Waals surface area contributed by atoms with E-state index in [1.165, 1.54) is 0 Å². The van der Waals surface area contributed by atoms with Crippen LogP contribution in [0.5, 0.6) is 0 Å². The van der Waals surface area contributed by atoms with Crippen LogP contribution in [0.4, 0.5) is 0 Å². The summed E-state index contributed by atoms with van der Waals surface area (Å²) in [5.74, 6) is 0. The minimum atomic E-state index is 0. The van der Waals surface area contributed by atoms with Gasteiger partial charge in [-0.2, -0.15) is 6.20 Å². The van der Waals surface area contributed by atoms with Crippen molar-refractivity contribution < 1.29 is 32.7 Å². The van der Waals surface area contributed by atoms with Gasteiger partial charge in [-0.05, 0) is 0 Å². The Hall–Kier alpha value is 0.384. The van der Waals surface area contributed by atoms with Crippen molar-refractivity contribution in [2.24, 2.45) is 0 Å². The van der Waals surface area contributed by atoms with Crippen LogP contribution >= 0.6 is 0 Å². The van der Waals surface area contributed by atoms with E-state index in [0.29, 0.717) is 0 Å². The van der Waals surface area contributed by atoms with E-state index in [-0.39, 0.29) is 32.7 Å². The third kappa shape index (κ3) is 3.01. The van der Waals surface area contributed by atoms with E-state index in [9.17, 15) is 0 Å². The normalized spacial score (nSPS) is 14.9. The Balaban J connectivity index is 0.000000360. The summed E-state index contributed by atoms with van der Waals surface area (Å²) < 4.78 is 0. The fourth-order valence-corrected chi connectivity index (χ4v) is 0.372. The molecule has 0 amide bonds. The van der Waals surface area contributed by atoms with Crippen LogP contribution in [0.25, 0.3) is 5.32 Å². The number of hydrogen-bond acceptors (Lipinski definition) is 0. The first kappa shape index (κ1) is 7.38. The fraction of sp³-hybridized carbons (Fsp3) is 0.200. The van der Waals surface area contributed by atoms with Crippen molar-refractivity contribution in [1.82, 2.24) is 0 Å². The molecule has 1 radical (unpaired) electrons. The van der Waals surface area contributed by atoms with Crippen molar-refractivity contribution in [2.45, 2.75) is 0 Å². The molecule has 0 saturated heterocycles. The smallest absolute Gasteiger partial charge is 0 e. The number of hydrogen-bond donors (Lipinski definition) is 0. The average molecular weight is 169 g/mol. The molecule has 0 spiro atoms. The maximum atomic E-state index is 3.91. The predicted molar refractivity (Wildman–Crippen MR) is 26.5 cm³/mol. The van der Waals surface area contributed by atoms with E-state index in [2.05, 4.69) is 5.32 Å². The molecule has 0 aromatic carbocycles. The molecule has 0 unspecified atom stereocenters. The summed E-state index contributed by atoms with van der Waals surface area (Å²) in [6, 6.07) is 0. The van der Waals surface area contributed by atoms with Gasteiger partial charge < -0.3 is 5.32 Å². The zero-order valence-electron chi connectivity index (χ0n) is 4.04. The molecule has 0 atom stereocenters. The molecule has 0 fully saturated rings. The molecule has 0 N–H and O–H groups in total. The van der Waals surface area contributed by atoms with Crippen LogP contribution in [0.2, 0.25) is 0 Å². The Morgan fingerprint density at radius 3 is 2.29 bits per heavy atom. The van der Waals surface area contributed by atoms with E-state index in [0.717, 1.165) is 6.54 Å². The van der Waals surface area contributed by atoms with Crippen LogP contribution in [-0.2, 0) is 32.7 Å². The molecular weight excluding hydrogens is 163 g/mol. The van der Waals surface area contributed by atoms with Gasteiger partial charge in [0.05, 0.1) is 0 Å². The molecule has 0 bridgehead atoms. The third-order valence-electron chi connectivity index (χ3n) is 0.649. The molecule has 1 rings (SSSR count). The van der Waals surface area contributed by atoms with Crippen molar-refractivity contribution >= 4 is 0 Å². The standard InChI is InChI=1S/C5H6N.Y/c1-2-4-6-5-3-1;/h1-4H,5H2;/q-1;. The molecule has 0 saturated carbocycles. The summed E-state index contributed by atoms with van der Waals surface area (Å²) >= 11 is 0. The van der Waals surface area contributed by atoms with Gasteiger partial charge in [-0.3, -0.25) is 0 Å². The molecule has 0 aromatic heterocycles. The SMILES string of the molecule is C1=CC[N-]C=C1.[Y]. The van der Waals surface area contributed by atoms with Gasteiger partial charge in [0.2, 0.25) is 0 Å². The van der Waals surface area contributed by atoms with Crippen LogP contribution in [0.1, 0.15) is 0 Å². The van der Waals surface area contributed by atoms with E-state index < -0.39 is 0 Å². The first-order chi connectivity index (χ1) is 3.00. The van der Waals surface area contributed by atoms with Crippen LogP contribution in [0, 0.1) is 0 Å². The summed E-state index contributed by atoms with van der Waals surface area (Å²) in [5.41, 5.74) is 0. The largest absolute Gasteiger partial charge is 0.687 e. The maximum absolute atomic E-state index is 3.91. The van der Waals surface area contributed by atoms with Crippen LogP contribution in [-0.4, -0.2) is 6.54 Å². The summed E-state index contributed by atoms with van der Waals surface area (Å²) in [6.07, 6.45) is 7.73. The predicted octanol–water partition coefficient (Wildman–Crippen LogP) is 1.44. The van der Waals surface area contributed by atoms with Gasteiger partial charge in [0, 0.05) is 32.7 Å². The molecule has 35 valence electrons. The second-order valence-corrected chi connectivity index (χ2v) is 1.13. The summed E-state index contributed by atoms with van der Waals surface area (Å²) in [5, 5.41) is 3.91. The van der Waals surface area contributed by atoms with Crippen molar-refractivity contribution in [3.05, 3.63) is 29.7 Å². The molecule has 1 aliphatic rings. The van der Waals surface area contributed by atoms with Crippen LogP contribution < -0.4 is 0 Å². The number of nitrogens with zero attached hydrogens (tertiary/aromatic N) is 1. The first-order valence-corrected chi connectivity index (χ1v) is 1.98. The molecule has 0 aliphatic carbocycles. The van der Waals surface area contributed by atoms with Gasteiger partial charge in [-0.15, -0.1) is 12.6 Å². The molecule has 2 heteroatoms. The Bertz CT molecular complexity index is 74.1. The van der Waals surface area contributed by atoms with Crippen molar-refractivity contribution in [2.75, 3.05) is 6.54 Å². The zero-order valence-corrected chi connectivity index (χ0v) is 6.88.